The number of hydrogen-bond acceptors (Lipinski definition) is 2. The summed E-state index contributed by atoms with van der Waals surface area (Å²) in [5.41, 5.74) is -0.0371. The van der Waals surface area contributed by atoms with Gasteiger partial charge in [0.05, 0.1) is 11.7 Å². The molecule has 0 rings (SSSR count). The van der Waals surface area contributed by atoms with Gasteiger partial charge in [-0.3, -0.25) is 0 Å². The van der Waals surface area contributed by atoms with Crippen molar-refractivity contribution in [3.8, 4) is 0 Å². The highest BCUT2D eigenvalue weighted by atomic mass is 16.5. The van der Waals surface area contributed by atoms with Crippen LogP contribution in [0.1, 0.15) is 47.5 Å². The first kappa shape index (κ1) is 12.9. The molecule has 0 aliphatic heterocycles. The molecule has 0 saturated heterocycles. The lowest BCUT2D eigenvalue weighted by molar-refractivity contribution is -0.0645. The molecule has 2 nitrogen and oxygen atoms in total. The van der Waals surface area contributed by atoms with Crippen LogP contribution in [0.5, 0.6) is 0 Å². The number of rotatable bonds is 7. The van der Waals surface area contributed by atoms with Gasteiger partial charge in [0.15, 0.2) is 0 Å². The molecule has 1 unspecified atom stereocenters. The quantitative estimate of drug-likeness (QED) is 0.661. The van der Waals surface area contributed by atoms with E-state index < -0.39 is 0 Å². The summed E-state index contributed by atoms with van der Waals surface area (Å²) in [6, 6.07) is 0. The van der Waals surface area contributed by atoms with Crippen molar-refractivity contribution in [1.82, 2.24) is 5.32 Å². The number of hydrogen-bond donors (Lipinski definition) is 1. The van der Waals surface area contributed by atoms with Crippen molar-refractivity contribution in [2.24, 2.45) is 0 Å². The first-order valence-corrected chi connectivity index (χ1v) is 5.40. The van der Waals surface area contributed by atoms with Crippen LogP contribution in [0.15, 0.2) is 0 Å². The van der Waals surface area contributed by atoms with Gasteiger partial charge >= 0.3 is 0 Å². The maximum absolute atomic E-state index is 5.92. The van der Waals surface area contributed by atoms with Gasteiger partial charge in [0.1, 0.15) is 0 Å². The van der Waals surface area contributed by atoms with Crippen LogP contribution >= 0.6 is 0 Å². The van der Waals surface area contributed by atoms with E-state index in [1.165, 1.54) is 6.42 Å². The van der Waals surface area contributed by atoms with Crippen molar-refractivity contribution in [3.63, 3.8) is 0 Å². The molecule has 13 heavy (non-hydrogen) atoms. The molecule has 0 fully saturated rings. The zero-order chi connectivity index (χ0) is 10.3. The van der Waals surface area contributed by atoms with Gasteiger partial charge in [0.25, 0.3) is 0 Å². The van der Waals surface area contributed by atoms with Crippen molar-refractivity contribution in [3.05, 3.63) is 0 Å². The first-order chi connectivity index (χ1) is 6.02. The van der Waals surface area contributed by atoms with Crippen molar-refractivity contribution in [2.75, 3.05) is 13.1 Å². The number of ether oxygens (including phenoxy) is 1. The maximum Gasteiger partial charge on any atom is 0.0753 e. The van der Waals surface area contributed by atoms with Gasteiger partial charge in [-0.25, -0.2) is 0 Å². The second-order valence-electron chi connectivity index (χ2n) is 4.26. The van der Waals surface area contributed by atoms with E-state index in [1.807, 2.05) is 0 Å². The molecule has 0 aliphatic carbocycles. The van der Waals surface area contributed by atoms with Crippen LogP contribution in [-0.2, 0) is 4.74 Å². The topological polar surface area (TPSA) is 21.3 Å². The van der Waals surface area contributed by atoms with Crippen LogP contribution in [0.25, 0.3) is 0 Å². The van der Waals surface area contributed by atoms with Crippen molar-refractivity contribution in [1.29, 1.82) is 0 Å². The zero-order valence-electron chi connectivity index (χ0n) is 9.81. The van der Waals surface area contributed by atoms with Crippen molar-refractivity contribution >= 4 is 0 Å². The van der Waals surface area contributed by atoms with E-state index in [0.717, 1.165) is 19.5 Å². The fourth-order valence-corrected chi connectivity index (χ4v) is 1.48. The summed E-state index contributed by atoms with van der Waals surface area (Å²) in [5, 5.41) is 3.31. The molecule has 0 amide bonds. The van der Waals surface area contributed by atoms with E-state index in [1.54, 1.807) is 0 Å². The third-order valence-corrected chi connectivity index (χ3v) is 2.02. The SMILES string of the molecule is CCCC(C)OC(C)(C)CNCC. The van der Waals surface area contributed by atoms with E-state index in [9.17, 15) is 0 Å². The van der Waals surface area contributed by atoms with Crippen LogP contribution in [-0.4, -0.2) is 24.8 Å². The average molecular weight is 187 g/mol. The van der Waals surface area contributed by atoms with Crippen LogP contribution in [0, 0.1) is 0 Å². The summed E-state index contributed by atoms with van der Waals surface area (Å²) < 4.78 is 5.92. The fraction of sp³-hybridized carbons (Fsp3) is 1.00. The van der Waals surface area contributed by atoms with E-state index in [4.69, 9.17) is 4.74 Å². The highest BCUT2D eigenvalue weighted by Crippen LogP contribution is 2.13. The Morgan fingerprint density at radius 3 is 2.38 bits per heavy atom. The predicted molar refractivity (Wildman–Crippen MR) is 58.1 cm³/mol. The second-order valence-corrected chi connectivity index (χ2v) is 4.26. The standard InChI is InChI=1S/C11H25NO/c1-6-8-10(3)13-11(4,5)9-12-7-2/h10,12H,6-9H2,1-5H3. The van der Waals surface area contributed by atoms with Gasteiger partial charge in [0, 0.05) is 6.54 Å². The summed E-state index contributed by atoms with van der Waals surface area (Å²) in [6.07, 6.45) is 2.72. The largest absolute Gasteiger partial charge is 0.371 e. The highest BCUT2D eigenvalue weighted by molar-refractivity contribution is 4.73. The minimum absolute atomic E-state index is 0.0371. The molecule has 0 bridgehead atoms. The maximum atomic E-state index is 5.92. The summed E-state index contributed by atoms with van der Waals surface area (Å²) in [6.45, 7) is 12.7. The summed E-state index contributed by atoms with van der Waals surface area (Å²) in [4.78, 5) is 0. The minimum atomic E-state index is -0.0371. The first-order valence-electron chi connectivity index (χ1n) is 5.40. The van der Waals surface area contributed by atoms with Gasteiger partial charge in [0.2, 0.25) is 0 Å². The van der Waals surface area contributed by atoms with Gasteiger partial charge in [-0.1, -0.05) is 20.3 Å². The lowest BCUT2D eigenvalue weighted by Crippen LogP contribution is -2.39. The monoisotopic (exact) mass is 187 g/mol. The van der Waals surface area contributed by atoms with E-state index in [-0.39, 0.29) is 5.60 Å². The molecule has 1 atom stereocenters. The van der Waals surface area contributed by atoms with Gasteiger partial charge in [-0.2, -0.15) is 0 Å². The lowest BCUT2D eigenvalue weighted by Gasteiger charge is -2.29. The van der Waals surface area contributed by atoms with Crippen LogP contribution in [0.3, 0.4) is 0 Å². The summed E-state index contributed by atoms with van der Waals surface area (Å²) in [5.74, 6) is 0. The lowest BCUT2D eigenvalue weighted by atomic mass is 10.1. The number of nitrogens with one attached hydrogen (secondary N) is 1. The Kier molecular flexibility index (Phi) is 6.35. The Morgan fingerprint density at radius 1 is 1.31 bits per heavy atom. The third-order valence-electron chi connectivity index (χ3n) is 2.02. The molecule has 0 radical (unpaired) electrons. The number of likely N-dealkylation sites (N-methyl/N-ethyl adjacent to an activating group) is 1. The van der Waals surface area contributed by atoms with E-state index in [2.05, 4.69) is 39.9 Å². The Balaban J connectivity index is 3.71. The Bertz CT molecular complexity index is 123. The predicted octanol–water partition coefficient (Wildman–Crippen LogP) is 2.58. The second kappa shape index (κ2) is 6.39. The van der Waals surface area contributed by atoms with E-state index in [0.29, 0.717) is 6.10 Å². The Labute approximate surface area is 83.1 Å². The molecule has 1 N–H and O–H groups in total. The highest BCUT2D eigenvalue weighted by Gasteiger charge is 2.20. The minimum Gasteiger partial charge on any atom is -0.371 e. The Hall–Kier alpha value is -0.0800. The van der Waals surface area contributed by atoms with Gasteiger partial charge in [-0.15, -0.1) is 0 Å². The molecular weight excluding hydrogens is 162 g/mol. The molecule has 2 heteroatoms. The van der Waals surface area contributed by atoms with Crippen molar-refractivity contribution in [2.45, 2.75) is 59.2 Å². The fourth-order valence-electron chi connectivity index (χ4n) is 1.48. The third kappa shape index (κ3) is 7.03. The smallest absolute Gasteiger partial charge is 0.0753 e. The molecule has 0 aromatic heterocycles. The van der Waals surface area contributed by atoms with E-state index >= 15 is 0 Å². The summed E-state index contributed by atoms with van der Waals surface area (Å²) >= 11 is 0. The molecule has 0 spiro atoms. The van der Waals surface area contributed by atoms with Crippen LogP contribution in [0.4, 0.5) is 0 Å². The summed E-state index contributed by atoms with van der Waals surface area (Å²) in [7, 11) is 0. The molecule has 0 aromatic rings. The molecule has 80 valence electrons. The molecule has 0 aromatic carbocycles. The van der Waals surface area contributed by atoms with Gasteiger partial charge < -0.3 is 10.1 Å². The van der Waals surface area contributed by atoms with Crippen LogP contribution < -0.4 is 5.32 Å². The van der Waals surface area contributed by atoms with Gasteiger partial charge in [-0.05, 0) is 33.7 Å². The zero-order valence-corrected chi connectivity index (χ0v) is 9.81. The molecule has 0 saturated carbocycles. The Morgan fingerprint density at radius 2 is 1.92 bits per heavy atom. The van der Waals surface area contributed by atoms with Crippen LogP contribution in [0.2, 0.25) is 0 Å². The molecule has 0 aliphatic rings. The molecular formula is C11H25NO. The van der Waals surface area contributed by atoms with Crippen molar-refractivity contribution < 1.29 is 4.74 Å². The average Bonchev–Trinajstić information content (AvgIpc) is 2.00. The normalized spacial score (nSPS) is 14.5. The molecule has 0 heterocycles.